The molecule has 1 aliphatic carbocycles. The highest BCUT2D eigenvalue weighted by Crippen LogP contribution is 2.42. The lowest BCUT2D eigenvalue weighted by molar-refractivity contribution is 0.252. The van der Waals surface area contributed by atoms with Gasteiger partial charge in [-0.05, 0) is 37.5 Å². The van der Waals surface area contributed by atoms with Crippen molar-refractivity contribution in [2.45, 2.75) is 50.5 Å². The van der Waals surface area contributed by atoms with Crippen molar-refractivity contribution in [1.82, 2.24) is 0 Å². The monoisotopic (exact) mass is 271 g/mol. The van der Waals surface area contributed by atoms with Crippen LogP contribution >= 0.6 is 23.2 Å². The summed E-state index contributed by atoms with van der Waals surface area (Å²) in [5.74, 6) is 0. The second-order valence-electron chi connectivity index (χ2n) is 5.13. The molecule has 0 radical (unpaired) electrons. The van der Waals surface area contributed by atoms with Crippen LogP contribution in [0.2, 0.25) is 10.0 Å². The predicted octanol–water partition coefficient (Wildman–Crippen LogP) is 4.54. The zero-order valence-corrected chi connectivity index (χ0v) is 11.7. The predicted molar refractivity (Wildman–Crippen MR) is 74.9 cm³/mol. The standard InChI is InChI=1S/C14H19Cl2N/c1-10(17)14(7-3-2-4-8-14)11-5-6-12(15)13(16)9-11/h5-6,9-10H,2-4,7-8,17H2,1H3/t10-/m0/s1. The SMILES string of the molecule is C[C@H](N)C1(c2ccc(Cl)c(Cl)c2)CCCCC1. The molecular formula is C14H19Cl2N. The maximum atomic E-state index is 6.25. The number of nitrogens with two attached hydrogens (primary N) is 1. The first-order valence-corrected chi connectivity index (χ1v) is 7.03. The molecule has 1 aromatic rings. The molecule has 1 aromatic carbocycles. The summed E-state index contributed by atoms with van der Waals surface area (Å²) in [7, 11) is 0. The largest absolute Gasteiger partial charge is 0.327 e. The summed E-state index contributed by atoms with van der Waals surface area (Å²) in [6.07, 6.45) is 6.13. The van der Waals surface area contributed by atoms with Gasteiger partial charge in [0.05, 0.1) is 10.0 Å². The van der Waals surface area contributed by atoms with Crippen molar-refractivity contribution in [3.63, 3.8) is 0 Å². The zero-order chi connectivity index (χ0) is 12.5. The first kappa shape index (κ1) is 13.2. The minimum absolute atomic E-state index is 0.0898. The summed E-state index contributed by atoms with van der Waals surface area (Å²) < 4.78 is 0. The number of hydrogen-bond donors (Lipinski definition) is 1. The van der Waals surface area contributed by atoms with Crippen molar-refractivity contribution in [2.75, 3.05) is 0 Å². The highest BCUT2D eigenvalue weighted by molar-refractivity contribution is 6.42. The van der Waals surface area contributed by atoms with E-state index in [1.165, 1.54) is 24.8 Å². The molecule has 2 N–H and O–H groups in total. The summed E-state index contributed by atoms with van der Waals surface area (Å²) in [6, 6.07) is 6.12. The molecule has 0 heterocycles. The fourth-order valence-corrected chi connectivity index (χ4v) is 3.29. The van der Waals surface area contributed by atoms with Crippen LogP contribution in [-0.4, -0.2) is 6.04 Å². The highest BCUT2D eigenvalue weighted by atomic mass is 35.5. The van der Waals surface area contributed by atoms with Gasteiger partial charge in [0.25, 0.3) is 0 Å². The van der Waals surface area contributed by atoms with Crippen molar-refractivity contribution >= 4 is 23.2 Å². The molecule has 1 atom stereocenters. The molecule has 0 bridgehead atoms. The molecule has 1 aliphatic rings. The van der Waals surface area contributed by atoms with E-state index in [0.29, 0.717) is 10.0 Å². The highest BCUT2D eigenvalue weighted by Gasteiger charge is 2.37. The van der Waals surface area contributed by atoms with Gasteiger partial charge in [0, 0.05) is 11.5 Å². The van der Waals surface area contributed by atoms with E-state index in [0.717, 1.165) is 12.8 Å². The molecule has 0 aliphatic heterocycles. The van der Waals surface area contributed by atoms with E-state index < -0.39 is 0 Å². The van der Waals surface area contributed by atoms with E-state index in [4.69, 9.17) is 28.9 Å². The van der Waals surface area contributed by atoms with Crippen molar-refractivity contribution in [1.29, 1.82) is 0 Å². The van der Waals surface area contributed by atoms with Gasteiger partial charge in [-0.3, -0.25) is 0 Å². The van der Waals surface area contributed by atoms with Crippen LogP contribution in [0, 0.1) is 0 Å². The summed E-state index contributed by atoms with van der Waals surface area (Å²) in [4.78, 5) is 0. The Labute approximate surface area is 113 Å². The average Bonchev–Trinajstić information content (AvgIpc) is 2.33. The van der Waals surface area contributed by atoms with Crippen LogP contribution in [0.5, 0.6) is 0 Å². The van der Waals surface area contributed by atoms with Crippen LogP contribution in [0.25, 0.3) is 0 Å². The fourth-order valence-electron chi connectivity index (χ4n) is 3.00. The topological polar surface area (TPSA) is 26.0 Å². The Hall–Kier alpha value is -0.240. The molecule has 1 fully saturated rings. The second-order valence-corrected chi connectivity index (χ2v) is 5.95. The fraction of sp³-hybridized carbons (Fsp3) is 0.571. The molecule has 0 spiro atoms. The van der Waals surface area contributed by atoms with Crippen LogP contribution in [0.15, 0.2) is 18.2 Å². The summed E-state index contributed by atoms with van der Waals surface area (Å²) in [5.41, 5.74) is 7.59. The third-order valence-electron chi connectivity index (χ3n) is 4.11. The van der Waals surface area contributed by atoms with Gasteiger partial charge in [0.1, 0.15) is 0 Å². The summed E-state index contributed by atoms with van der Waals surface area (Å²) >= 11 is 12.1. The lowest BCUT2D eigenvalue weighted by atomic mass is 9.65. The van der Waals surface area contributed by atoms with E-state index in [2.05, 4.69) is 13.0 Å². The van der Waals surface area contributed by atoms with Crippen molar-refractivity contribution in [2.24, 2.45) is 5.73 Å². The average molecular weight is 272 g/mol. The van der Waals surface area contributed by atoms with Gasteiger partial charge in [0.15, 0.2) is 0 Å². The first-order valence-electron chi connectivity index (χ1n) is 6.27. The third-order valence-corrected chi connectivity index (χ3v) is 4.85. The van der Waals surface area contributed by atoms with E-state index in [1.807, 2.05) is 12.1 Å². The zero-order valence-electron chi connectivity index (χ0n) is 10.2. The quantitative estimate of drug-likeness (QED) is 0.840. The van der Waals surface area contributed by atoms with Crippen molar-refractivity contribution in [3.8, 4) is 0 Å². The van der Waals surface area contributed by atoms with Gasteiger partial charge >= 0.3 is 0 Å². The smallest absolute Gasteiger partial charge is 0.0595 e. The molecule has 2 rings (SSSR count). The van der Waals surface area contributed by atoms with Crippen molar-refractivity contribution in [3.05, 3.63) is 33.8 Å². The van der Waals surface area contributed by atoms with Crippen LogP contribution < -0.4 is 5.73 Å². The minimum atomic E-state index is 0.0898. The van der Waals surface area contributed by atoms with Gasteiger partial charge in [-0.25, -0.2) is 0 Å². The molecule has 1 nitrogen and oxygen atoms in total. The van der Waals surface area contributed by atoms with E-state index in [1.54, 1.807) is 0 Å². The molecule has 0 unspecified atom stereocenters. The maximum Gasteiger partial charge on any atom is 0.0595 e. The summed E-state index contributed by atoms with van der Waals surface area (Å²) in [5, 5.41) is 1.25. The van der Waals surface area contributed by atoms with Crippen LogP contribution in [-0.2, 0) is 5.41 Å². The van der Waals surface area contributed by atoms with E-state index in [9.17, 15) is 0 Å². The van der Waals surface area contributed by atoms with Gasteiger partial charge in [-0.1, -0.05) is 48.5 Å². The number of rotatable bonds is 2. The number of benzene rings is 1. The Morgan fingerprint density at radius 2 is 1.76 bits per heavy atom. The Kier molecular flexibility index (Phi) is 4.02. The third kappa shape index (κ3) is 2.47. The molecule has 0 amide bonds. The van der Waals surface area contributed by atoms with Gasteiger partial charge in [-0.2, -0.15) is 0 Å². The molecule has 1 saturated carbocycles. The molecule has 17 heavy (non-hydrogen) atoms. The first-order chi connectivity index (χ1) is 8.06. The van der Waals surface area contributed by atoms with E-state index in [-0.39, 0.29) is 11.5 Å². The van der Waals surface area contributed by atoms with Crippen LogP contribution in [0.3, 0.4) is 0 Å². The van der Waals surface area contributed by atoms with Gasteiger partial charge < -0.3 is 5.73 Å². The Bertz CT molecular complexity index is 395. The number of halogens is 2. The summed E-state index contributed by atoms with van der Waals surface area (Å²) in [6.45, 7) is 2.10. The van der Waals surface area contributed by atoms with Crippen LogP contribution in [0.4, 0.5) is 0 Å². The normalized spacial score (nSPS) is 21.2. The number of hydrogen-bond acceptors (Lipinski definition) is 1. The minimum Gasteiger partial charge on any atom is -0.327 e. The lowest BCUT2D eigenvalue weighted by Gasteiger charge is -2.41. The van der Waals surface area contributed by atoms with E-state index >= 15 is 0 Å². The molecular weight excluding hydrogens is 253 g/mol. The Morgan fingerprint density at radius 1 is 1.12 bits per heavy atom. The Morgan fingerprint density at radius 3 is 2.29 bits per heavy atom. The molecule has 0 aromatic heterocycles. The maximum absolute atomic E-state index is 6.25. The van der Waals surface area contributed by atoms with Crippen LogP contribution in [0.1, 0.15) is 44.6 Å². The lowest BCUT2D eigenvalue weighted by Crippen LogP contribution is -2.44. The van der Waals surface area contributed by atoms with Crippen molar-refractivity contribution < 1.29 is 0 Å². The van der Waals surface area contributed by atoms with Gasteiger partial charge in [0.2, 0.25) is 0 Å². The molecule has 3 heteroatoms. The molecule has 0 saturated heterocycles. The second kappa shape index (κ2) is 5.17. The molecule has 94 valence electrons. The Balaban J connectivity index is 2.41. The van der Waals surface area contributed by atoms with Gasteiger partial charge in [-0.15, -0.1) is 0 Å².